The molecule has 0 aliphatic heterocycles. The summed E-state index contributed by atoms with van der Waals surface area (Å²) in [5.41, 5.74) is 0.559. The average molecular weight is 467 g/mol. The SMILES string of the molecule is O=S(=O)(NCc1ccc(OC(F)F)cc1)c1c(Cl)sc(Cl)c1Br. The van der Waals surface area contributed by atoms with Gasteiger partial charge in [-0.15, -0.1) is 11.3 Å². The summed E-state index contributed by atoms with van der Waals surface area (Å²) in [7, 11) is -3.88. The van der Waals surface area contributed by atoms with Crippen LogP contribution in [-0.4, -0.2) is 15.0 Å². The van der Waals surface area contributed by atoms with E-state index in [9.17, 15) is 17.2 Å². The number of hydrogen-bond acceptors (Lipinski definition) is 4. The third-order valence-corrected chi connectivity index (χ3v) is 7.48. The second-order valence-corrected chi connectivity index (χ2v) is 8.86. The summed E-state index contributed by atoms with van der Waals surface area (Å²) in [5, 5.41) is 0. The van der Waals surface area contributed by atoms with E-state index in [0.717, 1.165) is 11.3 Å². The van der Waals surface area contributed by atoms with Crippen molar-refractivity contribution in [3.05, 3.63) is 43.0 Å². The second kappa shape index (κ2) is 7.62. The molecule has 0 saturated carbocycles. The molecule has 0 bridgehead atoms. The number of benzene rings is 1. The van der Waals surface area contributed by atoms with Crippen molar-refractivity contribution in [2.75, 3.05) is 0 Å². The van der Waals surface area contributed by atoms with Gasteiger partial charge in [0.25, 0.3) is 0 Å². The average Bonchev–Trinajstić information content (AvgIpc) is 2.71. The van der Waals surface area contributed by atoms with Gasteiger partial charge in [-0.3, -0.25) is 0 Å². The molecule has 2 aromatic rings. The van der Waals surface area contributed by atoms with Gasteiger partial charge in [0.1, 0.15) is 19.3 Å². The summed E-state index contributed by atoms with van der Waals surface area (Å²) in [6.07, 6.45) is 0. The van der Waals surface area contributed by atoms with Crippen molar-refractivity contribution in [3.63, 3.8) is 0 Å². The van der Waals surface area contributed by atoms with Crippen LogP contribution < -0.4 is 9.46 Å². The van der Waals surface area contributed by atoms with Gasteiger partial charge in [0.2, 0.25) is 10.0 Å². The number of alkyl halides is 2. The van der Waals surface area contributed by atoms with E-state index in [2.05, 4.69) is 25.4 Å². The Morgan fingerprint density at radius 3 is 2.30 bits per heavy atom. The number of rotatable bonds is 6. The van der Waals surface area contributed by atoms with Crippen molar-refractivity contribution in [3.8, 4) is 5.75 Å². The summed E-state index contributed by atoms with van der Waals surface area (Å²) >= 11 is 15.7. The highest BCUT2D eigenvalue weighted by atomic mass is 79.9. The molecule has 0 radical (unpaired) electrons. The Hall–Kier alpha value is -0.450. The van der Waals surface area contributed by atoms with Crippen LogP contribution in [0.4, 0.5) is 8.78 Å². The summed E-state index contributed by atoms with van der Waals surface area (Å²) in [5.74, 6) is -0.0120. The molecular formula is C12H8BrCl2F2NO3S2. The number of halogens is 5. The lowest BCUT2D eigenvalue weighted by atomic mass is 10.2. The Labute approximate surface area is 153 Å². The van der Waals surface area contributed by atoms with E-state index in [4.69, 9.17) is 23.2 Å². The normalized spacial score (nSPS) is 11.9. The quantitative estimate of drug-likeness (QED) is 0.658. The second-order valence-electron chi connectivity index (χ2n) is 4.14. The molecule has 4 nitrogen and oxygen atoms in total. The van der Waals surface area contributed by atoms with Crippen molar-refractivity contribution in [2.24, 2.45) is 0 Å². The molecule has 23 heavy (non-hydrogen) atoms. The molecule has 0 aliphatic carbocycles. The maximum absolute atomic E-state index is 12.3. The van der Waals surface area contributed by atoms with E-state index in [-0.39, 0.29) is 30.3 Å². The molecule has 0 atom stereocenters. The van der Waals surface area contributed by atoms with Gasteiger partial charge in [0.05, 0.1) is 4.47 Å². The summed E-state index contributed by atoms with van der Waals surface area (Å²) in [6.45, 7) is -2.96. The van der Waals surface area contributed by atoms with Crippen LogP contribution >= 0.6 is 50.5 Å². The monoisotopic (exact) mass is 465 g/mol. The van der Waals surface area contributed by atoms with Crippen LogP contribution in [0.15, 0.2) is 33.6 Å². The van der Waals surface area contributed by atoms with Gasteiger partial charge >= 0.3 is 6.61 Å². The van der Waals surface area contributed by atoms with Crippen LogP contribution in [0.25, 0.3) is 0 Å². The van der Waals surface area contributed by atoms with Crippen molar-refractivity contribution in [2.45, 2.75) is 18.1 Å². The third-order valence-electron chi connectivity index (χ3n) is 2.61. The summed E-state index contributed by atoms with van der Waals surface area (Å²) < 4.78 is 55.7. The fourth-order valence-corrected chi connectivity index (χ4v) is 6.18. The van der Waals surface area contributed by atoms with Crippen molar-refractivity contribution >= 4 is 60.5 Å². The van der Waals surface area contributed by atoms with E-state index in [1.54, 1.807) is 0 Å². The van der Waals surface area contributed by atoms with Gasteiger partial charge < -0.3 is 4.74 Å². The Morgan fingerprint density at radius 2 is 1.83 bits per heavy atom. The predicted octanol–water partition coefficient (Wildman–Crippen LogP) is 4.90. The highest BCUT2D eigenvalue weighted by molar-refractivity contribution is 9.10. The Kier molecular flexibility index (Phi) is 6.26. The molecule has 126 valence electrons. The van der Waals surface area contributed by atoms with Crippen LogP contribution in [0.5, 0.6) is 5.75 Å². The van der Waals surface area contributed by atoms with Crippen molar-refractivity contribution in [1.29, 1.82) is 0 Å². The van der Waals surface area contributed by atoms with Crippen molar-refractivity contribution < 1.29 is 21.9 Å². The minimum Gasteiger partial charge on any atom is -0.435 e. The highest BCUT2D eigenvalue weighted by Gasteiger charge is 2.25. The lowest BCUT2D eigenvalue weighted by Gasteiger charge is -2.08. The van der Waals surface area contributed by atoms with Gasteiger partial charge in [-0.05, 0) is 33.6 Å². The molecule has 1 heterocycles. The highest BCUT2D eigenvalue weighted by Crippen LogP contribution is 2.42. The molecule has 1 aromatic heterocycles. The van der Waals surface area contributed by atoms with E-state index >= 15 is 0 Å². The number of hydrogen-bond donors (Lipinski definition) is 1. The number of sulfonamides is 1. The molecule has 1 N–H and O–H groups in total. The van der Waals surface area contributed by atoms with Crippen LogP contribution in [0.2, 0.25) is 8.67 Å². The minimum absolute atomic E-state index is 0.0120. The molecule has 0 amide bonds. The fraction of sp³-hybridized carbons (Fsp3) is 0.167. The van der Waals surface area contributed by atoms with E-state index in [1.165, 1.54) is 24.3 Å². The zero-order valence-corrected chi connectivity index (χ0v) is 15.8. The van der Waals surface area contributed by atoms with Crippen LogP contribution in [0, 0.1) is 0 Å². The van der Waals surface area contributed by atoms with Crippen LogP contribution in [0.1, 0.15) is 5.56 Å². The Morgan fingerprint density at radius 1 is 1.22 bits per heavy atom. The number of ether oxygens (including phenoxy) is 1. The van der Waals surface area contributed by atoms with Crippen LogP contribution in [-0.2, 0) is 16.6 Å². The lowest BCUT2D eigenvalue weighted by Crippen LogP contribution is -2.23. The topological polar surface area (TPSA) is 55.4 Å². The van der Waals surface area contributed by atoms with E-state index in [0.29, 0.717) is 5.56 Å². The first-order valence-corrected chi connectivity index (χ1v) is 9.72. The summed E-state index contributed by atoms with van der Waals surface area (Å²) in [6, 6.07) is 5.58. The van der Waals surface area contributed by atoms with Crippen molar-refractivity contribution in [1.82, 2.24) is 4.72 Å². The molecule has 0 aliphatic rings. The number of nitrogens with one attached hydrogen (secondary N) is 1. The molecular weight excluding hydrogens is 459 g/mol. The molecule has 0 saturated heterocycles. The molecule has 2 rings (SSSR count). The van der Waals surface area contributed by atoms with E-state index < -0.39 is 16.6 Å². The van der Waals surface area contributed by atoms with Gasteiger partial charge in [-0.1, -0.05) is 35.3 Å². The van der Waals surface area contributed by atoms with Gasteiger partial charge in [0, 0.05) is 6.54 Å². The molecule has 0 unspecified atom stereocenters. The summed E-state index contributed by atoms with van der Waals surface area (Å²) in [4.78, 5) is -0.133. The standard InChI is InChI=1S/C12H8BrCl2F2NO3S2/c13-8-9(11(15)22-10(8)14)23(19,20)18-5-6-1-3-7(4-2-6)21-12(16)17/h1-4,12,18H,5H2. The maximum Gasteiger partial charge on any atom is 0.387 e. The predicted molar refractivity (Wildman–Crippen MR) is 89.1 cm³/mol. The Balaban J connectivity index is 2.10. The molecule has 11 heteroatoms. The van der Waals surface area contributed by atoms with Gasteiger partial charge in [-0.2, -0.15) is 8.78 Å². The maximum atomic E-state index is 12.3. The number of thiophene rings is 1. The Bertz CT molecular complexity index is 797. The first kappa shape index (κ1) is 18.9. The first-order chi connectivity index (χ1) is 10.7. The third kappa shape index (κ3) is 4.77. The van der Waals surface area contributed by atoms with Gasteiger partial charge in [0.15, 0.2) is 0 Å². The zero-order chi connectivity index (χ0) is 17.2. The molecule has 0 spiro atoms. The lowest BCUT2D eigenvalue weighted by molar-refractivity contribution is -0.0498. The molecule has 1 aromatic carbocycles. The minimum atomic E-state index is -3.88. The van der Waals surface area contributed by atoms with Gasteiger partial charge in [-0.25, -0.2) is 13.1 Å². The largest absolute Gasteiger partial charge is 0.435 e. The zero-order valence-electron chi connectivity index (χ0n) is 11.0. The molecule has 0 fully saturated rings. The smallest absolute Gasteiger partial charge is 0.387 e. The van der Waals surface area contributed by atoms with Crippen LogP contribution in [0.3, 0.4) is 0 Å². The first-order valence-electron chi connectivity index (χ1n) is 5.87. The van der Waals surface area contributed by atoms with E-state index in [1.807, 2.05) is 0 Å². The fourth-order valence-electron chi connectivity index (χ4n) is 1.61.